The molecule has 0 aromatic carbocycles. The highest BCUT2D eigenvalue weighted by Gasteiger charge is 2.57. The number of aliphatic hydroxyl groups excluding tert-OH is 1. The van der Waals surface area contributed by atoms with Gasteiger partial charge in [-0.25, -0.2) is 0 Å². The maximum Gasteiger partial charge on any atom is 0.425 e. The molecule has 0 spiro atoms. The van der Waals surface area contributed by atoms with Crippen LogP contribution in [0.1, 0.15) is 91.9 Å². The number of likely N-dealkylation sites (tertiary alicyclic amines) is 2. The van der Waals surface area contributed by atoms with Gasteiger partial charge in [-0.3, -0.25) is 14.6 Å². The van der Waals surface area contributed by atoms with Crippen LogP contribution >= 0.6 is 11.3 Å². The molecule has 2 saturated heterocycles. The van der Waals surface area contributed by atoms with Gasteiger partial charge in [-0.1, -0.05) is 25.5 Å². The Morgan fingerprint density at radius 3 is 2.51 bits per heavy atom. The van der Waals surface area contributed by atoms with E-state index in [4.69, 9.17) is 4.74 Å². The zero-order valence-electron chi connectivity index (χ0n) is 28.2. The number of amides is 2. The van der Waals surface area contributed by atoms with Crippen molar-refractivity contribution in [3.8, 4) is 11.8 Å². The van der Waals surface area contributed by atoms with Gasteiger partial charge in [0.05, 0.1) is 28.7 Å². The Bertz CT molecular complexity index is 1690. The summed E-state index contributed by atoms with van der Waals surface area (Å²) in [5.74, 6) is -1.83. The second-order valence-corrected chi connectivity index (χ2v) is 14.1. The minimum Gasteiger partial charge on any atom is -0.474 e. The lowest BCUT2D eigenvalue weighted by Gasteiger charge is -2.51. The fraction of sp³-hybridized carbons (Fsp3) is 0.556. The molecular formula is C36H40F6N4O4S. The first-order chi connectivity index (χ1) is 24.2. The minimum atomic E-state index is -4.87. The van der Waals surface area contributed by atoms with Crippen LogP contribution in [0.2, 0.25) is 0 Å². The van der Waals surface area contributed by atoms with Crippen LogP contribution in [0.5, 0.6) is 5.75 Å². The zero-order chi connectivity index (χ0) is 37.0. The number of ether oxygens (including phenoxy) is 1. The predicted octanol–water partition coefficient (Wildman–Crippen LogP) is 7.95. The summed E-state index contributed by atoms with van der Waals surface area (Å²) in [5, 5.41) is 21.1. The molecule has 15 heteroatoms. The van der Waals surface area contributed by atoms with E-state index in [0.717, 1.165) is 41.4 Å². The highest BCUT2D eigenvalue weighted by molar-refractivity contribution is 7.10. The molecule has 51 heavy (non-hydrogen) atoms. The van der Waals surface area contributed by atoms with E-state index in [9.17, 15) is 46.3 Å². The molecule has 0 saturated carbocycles. The Balaban J connectivity index is 1.53. The largest absolute Gasteiger partial charge is 0.474 e. The van der Waals surface area contributed by atoms with Crippen LogP contribution in [0, 0.1) is 16.7 Å². The molecule has 8 nitrogen and oxygen atoms in total. The van der Waals surface area contributed by atoms with E-state index < -0.39 is 57.2 Å². The molecule has 0 bridgehead atoms. The van der Waals surface area contributed by atoms with Crippen molar-refractivity contribution in [2.24, 2.45) is 5.41 Å². The van der Waals surface area contributed by atoms with Gasteiger partial charge in [0.15, 0.2) is 0 Å². The van der Waals surface area contributed by atoms with Crippen molar-refractivity contribution in [3.63, 3.8) is 0 Å². The lowest BCUT2D eigenvalue weighted by atomic mass is 9.68. The van der Waals surface area contributed by atoms with Gasteiger partial charge in [0.25, 0.3) is 11.8 Å². The Labute approximate surface area is 296 Å². The molecule has 2 aromatic rings. The van der Waals surface area contributed by atoms with Gasteiger partial charge in [0.1, 0.15) is 10.6 Å². The number of aromatic nitrogens is 1. The standard InChI is InChI=1S/C36H40F6N4O4S/c1-2-7-29-34(50-25-20-30(51-22-25)36(40,41)42,12-6-16-46(29)31(48)26-21-44-15-11-28(26)35(37,38)39)32(49)45-17-13-33(23-43,14-18-45)27-10-4-3-8-24(27)9-5-19-47/h3,8,11,15,20-22,29,47H,2,4-7,9-10,12-14,16-19H2,1H3/t29-,34+/m1/s1. The van der Waals surface area contributed by atoms with Crippen molar-refractivity contribution in [2.75, 3.05) is 26.2 Å². The smallest absolute Gasteiger partial charge is 0.425 e. The first-order valence-electron chi connectivity index (χ1n) is 17.1. The van der Waals surface area contributed by atoms with Gasteiger partial charge in [-0.15, -0.1) is 11.3 Å². The van der Waals surface area contributed by atoms with Crippen LogP contribution in [0.15, 0.2) is 53.2 Å². The Hall–Kier alpha value is -3.90. The number of aliphatic hydroxyl groups is 1. The van der Waals surface area contributed by atoms with Crippen LogP contribution in [0.3, 0.4) is 0 Å². The van der Waals surface area contributed by atoms with Gasteiger partial charge in [0, 0.05) is 56.5 Å². The van der Waals surface area contributed by atoms with Crippen LogP contribution in [-0.4, -0.2) is 69.6 Å². The number of allylic oxidation sites excluding steroid dienone is 4. The average molecular weight is 739 g/mol. The van der Waals surface area contributed by atoms with E-state index >= 15 is 0 Å². The Morgan fingerprint density at radius 1 is 1.14 bits per heavy atom. The third kappa shape index (κ3) is 7.82. The minimum absolute atomic E-state index is 0.000120. The quantitative estimate of drug-likeness (QED) is 0.248. The van der Waals surface area contributed by atoms with E-state index in [1.54, 1.807) is 6.92 Å². The molecule has 276 valence electrons. The van der Waals surface area contributed by atoms with Crippen molar-refractivity contribution >= 4 is 23.2 Å². The van der Waals surface area contributed by atoms with Crippen molar-refractivity contribution in [3.05, 3.63) is 69.2 Å². The number of carbonyl (C=O) groups excluding carboxylic acids is 2. The monoisotopic (exact) mass is 738 g/mol. The van der Waals surface area contributed by atoms with Crippen molar-refractivity contribution in [1.29, 1.82) is 5.26 Å². The fourth-order valence-electron chi connectivity index (χ4n) is 7.71. The first-order valence-corrected chi connectivity index (χ1v) is 18.0. The molecule has 2 fully saturated rings. The number of hydrogen-bond donors (Lipinski definition) is 1. The van der Waals surface area contributed by atoms with E-state index in [2.05, 4.69) is 11.1 Å². The molecule has 2 atom stereocenters. The van der Waals surface area contributed by atoms with Crippen molar-refractivity contribution in [2.45, 2.75) is 95.1 Å². The summed E-state index contributed by atoms with van der Waals surface area (Å²) in [6.45, 7) is 1.99. The van der Waals surface area contributed by atoms with Crippen LogP contribution in [-0.2, 0) is 17.1 Å². The summed E-state index contributed by atoms with van der Waals surface area (Å²) in [6, 6.07) is 2.87. The molecule has 1 aliphatic carbocycles. The first kappa shape index (κ1) is 38.3. The van der Waals surface area contributed by atoms with E-state index in [1.165, 1.54) is 9.80 Å². The summed E-state index contributed by atoms with van der Waals surface area (Å²) in [7, 11) is 0. The SMILES string of the molecule is CCC[C@H]1N(C(=O)c2cnccc2C(F)(F)F)CCC[C@@]1(Oc1csc(C(F)(F)F)c1)C(=O)N1CCC(C#N)(C2=C(CCCO)C=CCC2)CC1. The number of pyridine rings is 1. The van der Waals surface area contributed by atoms with Gasteiger partial charge in [-0.2, -0.15) is 31.6 Å². The van der Waals surface area contributed by atoms with Crippen molar-refractivity contribution < 1.29 is 45.8 Å². The maximum absolute atomic E-state index is 14.9. The number of nitrogens with zero attached hydrogens (tertiary/aromatic N) is 4. The lowest BCUT2D eigenvalue weighted by molar-refractivity contribution is -0.161. The summed E-state index contributed by atoms with van der Waals surface area (Å²) in [4.78, 5) is 34.4. The molecule has 5 rings (SSSR count). The molecule has 2 aliphatic heterocycles. The number of rotatable bonds is 10. The topological polar surface area (TPSA) is 107 Å². The molecule has 4 heterocycles. The maximum atomic E-state index is 14.9. The number of alkyl halides is 6. The third-order valence-electron chi connectivity index (χ3n) is 10.1. The average Bonchev–Trinajstić information content (AvgIpc) is 3.60. The normalized spacial score (nSPS) is 22.5. The summed E-state index contributed by atoms with van der Waals surface area (Å²) in [5.41, 5.74) is -2.73. The second-order valence-electron chi connectivity index (χ2n) is 13.2. The molecule has 3 aliphatic rings. The van der Waals surface area contributed by atoms with Gasteiger partial charge >= 0.3 is 12.4 Å². The fourth-order valence-corrected chi connectivity index (χ4v) is 8.38. The molecule has 0 radical (unpaired) electrons. The lowest BCUT2D eigenvalue weighted by Crippen LogP contribution is -2.68. The van der Waals surface area contributed by atoms with Crippen LogP contribution < -0.4 is 4.74 Å². The number of piperidine rings is 2. The van der Waals surface area contributed by atoms with Crippen LogP contribution in [0.4, 0.5) is 26.3 Å². The number of carbonyl (C=O) groups is 2. The van der Waals surface area contributed by atoms with Crippen molar-refractivity contribution in [1.82, 2.24) is 14.8 Å². The second kappa shape index (κ2) is 15.4. The Kier molecular flexibility index (Phi) is 11.6. The Morgan fingerprint density at radius 2 is 1.88 bits per heavy atom. The number of thiophene rings is 1. The number of halogens is 6. The summed E-state index contributed by atoms with van der Waals surface area (Å²) < 4.78 is 89.4. The predicted molar refractivity (Wildman–Crippen MR) is 176 cm³/mol. The molecule has 1 N–H and O–H groups in total. The van der Waals surface area contributed by atoms with E-state index in [1.807, 2.05) is 12.2 Å². The van der Waals surface area contributed by atoms with Gasteiger partial charge in [-0.05, 0) is 68.6 Å². The van der Waals surface area contributed by atoms with Crippen LogP contribution in [0.25, 0.3) is 0 Å². The number of hydrogen-bond acceptors (Lipinski definition) is 7. The molecule has 0 unspecified atom stereocenters. The molecular weight excluding hydrogens is 698 g/mol. The van der Waals surface area contributed by atoms with E-state index in [0.29, 0.717) is 43.1 Å². The highest BCUT2D eigenvalue weighted by Crippen LogP contribution is 2.47. The van der Waals surface area contributed by atoms with E-state index in [-0.39, 0.29) is 64.1 Å². The van der Waals surface area contributed by atoms with Gasteiger partial charge < -0.3 is 19.6 Å². The summed E-state index contributed by atoms with van der Waals surface area (Å²) in [6.07, 6.45) is -0.0761. The molecule has 2 amide bonds. The zero-order valence-corrected chi connectivity index (χ0v) is 29.0. The third-order valence-corrected chi connectivity index (χ3v) is 11.1. The highest BCUT2D eigenvalue weighted by atomic mass is 32.1. The number of nitriles is 1. The summed E-state index contributed by atoms with van der Waals surface area (Å²) >= 11 is 0.388. The van der Waals surface area contributed by atoms with Gasteiger partial charge in [0.2, 0.25) is 5.60 Å². The molecule has 2 aromatic heterocycles.